The van der Waals surface area contributed by atoms with E-state index >= 15 is 0 Å². The lowest BCUT2D eigenvalue weighted by molar-refractivity contribution is 0.595. The van der Waals surface area contributed by atoms with Crippen molar-refractivity contribution < 1.29 is 0 Å². The van der Waals surface area contributed by atoms with Crippen LogP contribution in [-0.4, -0.2) is 15.9 Å². The summed E-state index contributed by atoms with van der Waals surface area (Å²) in [5.41, 5.74) is 2.95. The molecule has 2 aromatic rings. The van der Waals surface area contributed by atoms with Gasteiger partial charge in [-0.05, 0) is 43.0 Å². The number of thioether (sulfide) groups is 1. The Labute approximate surface area is 124 Å². The van der Waals surface area contributed by atoms with E-state index in [4.69, 9.17) is 0 Å². The van der Waals surface area contributed by atoms with Crippen LogP contribution in [0.2, 0.25) is 0 Å². The molecule has 1 aliphatic carbocycles. The number of aromatic nitrogens is 1. The first-order valence-electron chi connectivity index (χ1n) is 7.50. The van der Waals surface area contributed by atoms with Gasteiger partial charge in [0.2, 0.25) is 0 Å². The first kappa shape index (κ1) is 12.5. The van der Waals surface area contributed by atoms with Crippen LogP contribution in [0.5, 0.6) is 0 Å². The molecule has 1 aromatic carbocycles. The third kappa shape index (κ3) is 2.65. The minimum absolute atomic E-state index is 0.680. The first-order valence-corrected chi connectivity index (χ1v) is 8.38. The van der Waals surface area contributed by atoms with Gasteiger partial charge in [0.05, 0.1) is 0 Å². The van der Waals surface area contributed by atoms with Gasteiger partial charge >= 0.3 is 0 Å². The highest BCUT2D eigenvalue weighted by atomic mass is 32.2. The number of hydrogen-bond acceptors (Lipinski definition) is 2. The molecule has 3 heteroatoms. The Kier molecular flexibility index (Phi) is 3.32. The van der Waals surface area contributed by atoms with Gasteiger partial charge in [0.1, 0.15) is 0 Å². The Hall–Kier alpha value is -1.19. The predicted octanol–water partition coefficient (Wildman–Crippen LogP) is 3.46. The number of fused-ring (bicyclic) bond motifs is 1. The van der Waals surface area contributed by atoms with E-state index in [-0.39, 0.29) is 0 Å². The SMILES string of the molecule is c1ccc2c(c1)CC(Cn1cccc1CNC1CC1)S2. The van der Waals surface area contributed by atoms with Crippen molar-refractivity contribution in [1.29, 1.82) is 0 Å². The molecule has 1 fully saturated rings. The fraction of sp³-hybridized carbons (Fsp3) is 0.412. The fourth-order valence-corrected chi connectivity index (χ4v) is 4.22. The van der Waals surface area contributed by atoms with Gasteiger partial charge in [0, 0.05) is 41.2 Å². The second kappa shape index (κ2) is 5.30. The van der Waals surface area contributed by atoms with Crippen molar-refractivity contribution in [2.24, 2.45) is 0 Å². The molecule has 2 aliphatic rings. The lowest BCUT2D eigenvalue weighted by Gasteiger charge is -2.14. The average molecular weight is 284 g/mol. The molecule has 4 rings (SSSR count). The van der Waals surface area contributed by atoms with Crippen LogP contribution in [-0.2, 0) is 19.5 Å². The van der Waals surface area contributed by atoms with Crippen molar-refractivity contribution in [2.75, 3.05) is 0 Å². The molecule has 0 radical (unpaired) electrons. The molecule has 0 bridgehead atoms. The van der Waals surface area contributed by atoms with Crippen LogP contribution >= 0.6 is 11.8 Å². The van der Waals surface area contributed by atoms with Crippen molar-refractivity contribution in [2.45, 2.75) is 48.5 Å². The molecule has 2 heterocycles. The number of rotatable bonds is 5. The monoisotopic (exact) mass is 284 g/mol. The van der Waals surface area contributed by atoms with E-state index in [9.17, 15) is 0 Å². The maximum Gasteiger partial charge on any atom is 0.0361 e. The zero-order valence-electron chi connectivity index (χ0n) is 11.6. The number of hydrogen-bond donors (Lipinski definition) is 1. The van der Waals surface area contributed by atoms with Gasteiger partial charge in [-0.2, -0.15) is 0 Å². The van der Waals surface area contributed by atoms with Gasteiger partial charge < -0.3 is 9.88 Å². The minimum Gasteiger partial charge on any atom is -0.349 e. The molecule has 1 aliphatic heterocycles. The van der Waals surface area contributed by atoms with Crippen LogP contribution in [0.15, 0.2) is 47.5 Å². The summed E-state index contributed by atoms with van der Waals surface area (Å²) in [5, 5.41) is 4.29. The standard InChI is InChI=1S/C17H20N2S/c1-2-6-17-13(4-1)10-16(20-17)12-19-9-3-5-15(19)11-18-14-7-8-14/h1-6,9,14,16,18H,7-8,10-12H2. The van der Waals surface area contributed by atoms with Gasteiger partial charge in [-0.25, -0.2) is 0 Å². The molecule has 0 spiro atoms. The topological polar surface area (TPSA) is 17.0 Å². The van der Waals surface area contributed by atoms with E-state index in [0.29, 0.717) is 5.25 Å². The second-order valence-corrected chi connectivity index (χ2v) is 7.20. The zero-order valence-corrected chi connectivity index (χ0v) is 12.4. The van der Waals surface area contributed by atoms with E-state index in [1.807, 2.05) is 11.8 Å². The van der Waals surface area contributed by atoms with Crippen LogP contribution in [0.25, 0.3) is 0 Å². The highest BCUT2D eigenvalue weighted by Crippen LogP contribution is 2.37. The molecule has 0 amide bonds. The minimum atomic E-state index is 0.680. The highest BCUT2D eigenvalue weighted by molar-refractivity contribution is 8.00. The summed E-state index contributed by atoms with van der Waals surface area (Å²) in [6.07, 6.45) is 6.14. The zero-order chi connectivity index (χ0) is 13.4. The molecule has 20 heavy (non-hydrogen) atoms. The van der Waals surface area contributed by atoms with Crippen molar-refractivity contribution in [3.63, 3.8) is 0 Å². The van der Waals surface area contributed by atoms with Crippen LogP contribution in [0.3, 0.4) is 0 Å². The molecular formula is C17H20N2S. The van der Waals surface area contributed by atoms with E-state index in [0.717, 1.165) is 19.1 Å². The quantitative estimate of drug-likeness (QED) is 0.905. The van der Waals surface area contributed by atoms with E-state index in [2.05, 4.69) is 52.5 Å². The van der Waals surface area contributed by atoms with Crippen molar-refractivity contribution in [1.82, 2.24) is 9.88 Å². The Bertz CT molecular complexity index is 576. The number of nitrogens with one attached hydrogen (secondary N) is 1. The predicted molar refractivity (Wildman–Crippen MR) is 84.1 cm³/mol. The summed E-state index contributed by atoms with van der Waals surface area (Å²) in [5.74, 6) is 0. The summed E-state index contributed by atoms with van der Waals surface area (Å²) >= 11 is 2.04. The lowest BCUT2D eigenvalue weighted by atomic mass is 10.1. The van der Waals surface area contributed by atoms with E-state index in [1.54, 1.807) is 0 Å². The van der Waals surface area contributed by atoms with E-state index < -0.39 is 0 Å². The maximum absolute atomic E-state index is 3.61. The Balaban J connectivity index is 1.41. The second-order valence-electron chi connectivity index (χ2n) is 5.86. The molecule has 104 valence electrons. The van der Waals surface area contributed by atoms with Crippen LogP contribution in [0, 0.1) is 0 Å². The summed E-state index contributed by atoms with van der Waals surface area (Å²) < 4.78 is 2.43. The number of nitrogens with zero attached hydrogens (tertiary/aromatic N) is 1. The fourth-order valence-electron chi connectivity index (χ4n) is 2.90. The van der Waals surface area contributed by atoms with Gasteiger partial charge in [-0.15, -0.1) is 11.8 Å². The first-order chi connectivity index (χ1) is 9.88. The van der Waals surface area contributed by atoms with Crippen molar-refractivity contribution in [3.05, 3.63) is 53.9 Å². The van der Waals surface area contributed by atoms with E-state index in [1.165, 1.54) is 35.4 Å². The third-order valence-electron chi connectivity index (χ3n) is 4.19. The van der Waals surface area contributed by atoms with Crippen LogP contribution in [0.4, 0.5) is 0 Å². The molecule has 1 aromatic heterocycles. The molecular weight excluding hydrogens is 264 g/mol. The smallest absolute Gasteiger partial charge is 0.0361 e. The molecule has 1 unspecified atom stereocenters. The van der Waals surface area contributed by atoms with Gasteiger partial charge in [0.25, 0.3) is 0 Å². The van der Waals surface area contributed by atoms with Gasteiger partial charge in [0.15, 0.2) is 0 Å². The molecule has 1 atom stereocenters. The summed E-state index contributed by atoms with van der Waals surface area (Å²) in [6.45, 7) is 2.13. The van der Waals surface area contributed by atoms with Crippen molar-refractivity contribution in [3.8, 4) is 0 Å². The summed E-state index contributed by atoms with van der Waals surface area (Å²) in [6, 6.07) is 14.0. The van der Waals surface area contributed by atoms with Crippen molar-refractivity contribution >= 4 is 11.8 Å². The Morgan fingerprint density at radius 1 is 1.15 bits per heavy atom. The molecule has 1 N–H and O–H groups in total. The number of benzene rings is 1. The maximum atomic E-state index is 3.61. The average Bonchev–Trinajstić information content (AvgIpc) is 3.04. The van der Waals surface area contributed by atoms with Gasteiger partial charge in [-0.3, -0.25) is 0 Å². The van der Waals surface area contributed by atoms with Crippen LogP contribution < -0.4 is 5.32 Å². The van der Waals surface area contributed by atoms with Crippen LogP contribution in [0.1, 0.15) is 24.1 Å². The molecule has 0 saturated heterocycles. The molecule has 2 nitrogen and oxygen atoms in total. The van der Waals surface area contributed by atoms with Gasteiger partial charge in [-0.1, -0.05) is 18.2 Å². The highest BCUT2D eigenvalue weighted by Gasteiger charge is 2.23. The summed E-state index contributed by atoms with van der Waals surface area (Å²) in [7, 11) is 0. The third-order valence-corrected chi connectivity index (χ3v) is 5.49. The largest absolute Gasteiger partial charge is 0.349 e. The Morgan fingerprint density at radius 2 is 2.05 bits per heavy atom. The summed E-state index contributed by atoms with van der Waals surface area (Å²) in [4.78, 5) is 1.47. The Morgan fingerprint density at radius 3 is 2.90 bits per heavy atom. The lowest BCUT2D eigenvalue weighted by Crippen LogP contribution is -2.20. The molecule has 1 saturated carbocycles. The normalized spacial score (nSPS) is 21.1.